The highest BCUT2D eigenvalue weighted by molar-refractivity contribution is 6.06. The van der Waals surface area contributed by atoms with Crippen molar-refractivity contribution in [2.24, 2.45) is 0 Å². The maximum Gasteiger partial charge on any atom is 0.253 e. The monoisotopic (exact) mass is 394 g/mol. The van der Waals surface area contributed by atoms with Crippen LogP contribution >= 0.6 is 0 Å². The van der Waals surface area contributed by atoms with Crippen molar-refractivity contribution in [3.8, 4) is 0 Å². The Bertz CT molecular complexity index is 1130. The second-order valence-corrected chi connectivity index (χ2v) is 7.27. The van der Waals surface area contributed by atoms with E-state index in [9.17, 15) is 9.59 Å². The van der Waals surface area contributed by atoms with Gasteiger partial charge in [0.1, 0.15) is 5.82 Å². The van der Waals surface area contributed by atoms with Crippen LogP contribution in [0.5, 0.6) is 0 Å². The van der Waals surface area contributed by atoms with E-state index in [1.165, 1.54) is 0 Å². The number of aryl methyl sites for hydroxylation is 2. The van der Waals surface area contributed by atoms with Gasteiger partial charge in [0.15, 0.2) is 5.65 Å². The second kappa shape index (κ2) is 8.30. The van der Waals surface area contributed by atoms with Crippen LogP contribution in [0.1, 0.15) is 47.1 Å². The number of aromatic nitrogens is 4. The van der Waals surface area contributed by atoms with Gasteiger partial charge in [-0.3, -0.25) is 9.59 Å². The highest BCUT2D eigenvalue weighted by Gasteiger charge is 2.18. The molecule has 0 fully saturated rings. The number of hydrogen-bond donors (Lipinski definition) is 3. The van der Waals surface area contributed by atoms with E-state index >= 15 is 0 Å². The van der Waals surface area contributed by atoms with Crippen molar-refractivity contribution in [2.45, 2.75) is 40.3 Å². The number of nitrogens with zero attached hydrogens (tertiary/aromatic N) is 3. The number of H-pyrrole nitrogens is 1. The van der Waals surface area contributed by atoms with Gasteiger partial charge in [-0.15, -0.1) is 6.58 Å². The largest absolute Gasteiger partial charge is 0.367 e. The van der Waals surface area contributed by atoms with Gasteiger partial charge in [-0.25, -0.2) is 9.67 Å². The van der Waals surface area contributed by atoms with Gasteiger partial charge in [-0.1, -0.05) is 6.08 Å². The molecule has 0 aliphatic carbocycles. The first-order valence-corrected chi connectivity index (χ1v) is 9.52. The van der Waals surface area contributed by atoms with Gasteiger partial charge in [0, 0.05) is 30.4 Å². The van der Waals surface area contributed by atoms with Crippen molar-refractivity contribution in [2.75, 3.05) is 11.9 Å². The number of carbonyl (C=O) groups is 1. The Balaban J connectivity index is 1.96. The summed E-state index contributed by atoms with van der Waals surface area (Å²) < 4.78 is 1.78. The average Bonchev–Trinajstić information content (AvgIpc) is 3.08. The fraction of sp³-hybridized carbons (Fsp3) is 0.333. The number of rotatable bonds is 7. The van der Waals surface area contributed by atoms with Gasteiger partial charge < -0.3 is 15.6 Å². The fourth-order valence-electron chi connectivity index (χ4n) is 3.22. The minimum Gasteiger partial charge on any atom is -0.367 e. The lowest BCUT2D eigenvalue weighted by Crippen LogP contribution is -2.28. The first-order chi connectivity index (χ1) is 13.8. The molecule has 3 heterocycles. The van der Waals surface area contributed by atoms with E-state index < -0.39 is 0 Å². The molecule has 8 heteroatoms. The van der Waals surface area contributed by atoms with Crippen LogP contribution in [-0.2, 0) is 6.54 Å². The van der Waals surface area contributed by atoms with Crippen LogP contribution in [0.3, 0.4) is 0 Å². The molecule has 0 saturated heterocycles. The predicted octanol–water partition coefficient (Wildman–Crippen LogP) is 2.85. The molecule has 3 N–H and O–H groups in total. The normalized spacial score (nSPS) is 11.1. The molecule has 0 spiro atoms. The molecule has 3 aromatic rings. The van der Waals surface area contributed by atoms with Crippen LogP contribution in [0.25, 0.3) is 11.0 Å². The molecule has 3 rings (SSSR count). The van der Waals surface area contributed by atoms with Crippen molar-refractivity contribution in [1.82, 2.24) is 25.1 Å². The van der Waals surface area contributed by atoms with Gasteiger partial charge in [0.05, 0.1) is 17.1 Å². The van der Waals surface area contributed by atoms with Gasteiger partial charge in [-0.2, -0.15) is 5.10 Å². The molecule has 0 aromatic carbocycles. The molecular weight excluding hydrogens is 368 g/mol. The molecule has 0 atom stereocenters. The summed E-state index contributed by atoms with van der Waals surface area (Å²) in [6.07, 6.45) is 3.37. The van der Waals surface area contributed by atoms with Gasteiger partial charge >= 0.3 is 0 Å². The summed E-state index contributed by atoms with van der Waals surface area (Å²) in [5.41, 5.74) is 3.06. The SMILES string of the molecule is C=CCNc1cc(C(=O)NCc2c(C)cc(C)[nH]c2=O)c2cnn(C(C)C)c2n1. The van der Waals surface area contributed by atoms with Gasteiger partial charge in [-0.05, 0) is 45.4 Å². The lowest BCUT2D eigenvalue weighted by atomic mass is 10.1. The Morgan fingerprint density at radius 3 is 2.76 bits per heavy atom. The lowest BCUT2D eigenvalue weighted by Gasteiger charge is -2.12. The third-order valence-corrected chi connectivity index (χ3v) is 4.65. The summed E-state index contributed by atoms with van der Waals surface area (Å²) in [7, 11) is 0. The number of nitrogens with one attached hydrogen (secondary N) is 3. The Labute approximate surface area is 169 Å². The van der Waals surface area contributed by atoms with Crippen molar-refractivity contribution < 1.29 is 4.79 Å². The Morgan fingerprint density at radius 2 is 2.10 bits per heavy atom. The van der Waals surface area contributed by atoms with Crippen LogP contribution < -0.4 is 16.2 Å². The van der Waals surface area contributed by atoms with Crippen molar-refractivity contribution in [3.63, 3.8) is 0 Å². The van der Waals surface area contributed by atoms with Crippen molar-refractivity contribution in [1.29, 1.82) is 0 Å². The number of fused-ring (bicyclic) bond motifs is 1. The minimum atomic E-state index is -0.290. The van der Waals surface area contributed by atoms with Crippen molar-refractivity contribution in [3.05, 3.63) is 63.7 Å². The summed E-state index contributed by atoms with van der Waals surface area (Å²) in [5, 5.41) is 11.0. The highest BCUT2D eigenvalue weighted by atomic mass is 16.1. The number of aromatic amines is 1. The van der Waals surface area contributed by atoms with Gasteiger partial charge in [0.25, 0.3) is 11.5 Å². The van der Waals surface area contributed by atoms with E-state index in [0.717, 1.165) is 11.3 Å². The summed E-state index contributed by atoms with van der Waals surface area (Å²) in [5.74, 6) is 0.274. The molecule has 29 heavy (non-hydrogen) atoms. The molecule has 3 aromatic heterocycles. The minimum absolute atomic E-state index is 0.0966. The molecule has 0 aliphatic rings. The third kappa shape index (κ3) is 4.21. The highest BCUT2D eigenvalue weighted by Crippen LogP contribution is 2.23. The van der Waals surface area contributed by atoms with Crippen LogP contribution in [0.2, 0.25) is 0 Å². The van der Waals surface area contributed by atoms with Crippen LogP contribution in [0, 0.1) is 13.8 Å². The Kier molecular flexibility index (Phi) is 5.81. The van der Waals surface area contributed by atoms with E-state index in [4.69, 9.17) is 0 Å². The van der Waals surface area contributed by atoms with Gasteiger partial charge in [0.2, 0.25) is 0 Å². The Morgan fingerprint density at radius 1 is 1.34 bits per heavy atom. The predicted molar refractivity (Wildman–Crippen MR) is 114 cm³/mol. The van der Waals surface area contributed by atoms with E-state index in [1.807, 2.05) is 33.8 Å². The van der Waals surface area contributed by atoms with E-state index in [0.29, 0.717) is 34.5 Å². The third-order valence-electron chi connectivity index (χ3n) is 4.65. The first-order valence-electron chi connectivity index (χ1n) is 9.52. The summed E-state index contributed by atoms with van der Waals surface area (Å²) in [6.45, 7) is 12.1. The molecule has 152 valence electrons. The number of carbonyl (C=O) groups excluding carboxylic acids is 1. The molecule has 8 nitrogen and oxygen atoms in total. The van der Waals surface area contributed by atoms with Crippen LogP contribution in [0.4, 0.5) is 5.82 Å². The molecule has 1 amide bonds. The first kappa shape index (κ1) is 20.3. The molecule has 0 unspecified atom stereocenters. The maximum atomic E-state index is 13.0. The number of hydrogen-bond acceptors (Lipinski definition) is 5. The number of pyridine rings is 2. The maximum absolute atomic E-state index is 13.0. The fourth-order valence-corrected chi connectivity index (χ4v) is 3.22. The molecule has 0 aliphatic heterocycles. The summed E-state index contributed by atoms with van der Waals surface area (Å²) in [4.78, 5) is 32.6. The summed E-state index contributed by atoms with van der Waals surface area (Å²) in [6, 6.07) is 3.68. The standard InChI is InChI=1S/C21H26N6O2/c1-6-7-22-18-9-15(17-11-24-27(12(2)3)19(17)26-18)20(28)23-10-16-13(4)8-14(5)25-21(16)29/h6,8-9,11-12H,1,7,10H2,2-5H3,(H,22,26)(H,23,28)(H,25,29). The van der Waals surface area contributed by atoms with Crippen molar-refractivity contribution >= 4 is 22.8 Å². The smallest absolute Gasteiger partial charge is 0.253 e. The van der Waals surface area contributed by atoms with E-state index in [2.05, 4.69) is 32.3 Å². The average molecular weight is 394 g/mol. The second-order valence-electron chi connectivity index (χ2n) is 7.27. The molecule has 0 radical (unpaired) electrons. The lowest BCUT2D eigenvalue weighted by molar-refractivity contribution is 0.0952. The molecule has 0 saturated carbocycles. The molecular formula is C21H26N6O2. The zero-order chi connectivity index (χ0) is 21.1. The van der Waals surface area contributed by atoms with Crippen LogP contribution in [0.15, 0.2) is 35.8 Å². The molecule has 0 bridgehead atoms. The topological polar surface area (TPSA) is 105 Å². The zero-order valence-corrected chi connectivity index (χ0v) is 17.2. The number of anilines is 1. The van der Waals surface area contributed by atoms with Crippen LogP contribution in [-0.4, -0.2) is 32.2 Å². The number of amides is 1. The quantitative estimate of drug-likeness (QED) is 0.535. The summed E-state index contributed by atoms with van der Waals surface area (Å²) >= 11 is 0. The zero-order valence-electron chi connectivity index (χ0n) is 17.2. The van der Waals surface area contributed by atoms with E-state index in [-0.39, 0.29) is 24.1 Å². The van der Waals surface area contributed by atoms with E-state index in [1.54, 1.807) is 23.0 Å². The Hall–Kier alpha value is -3.42.